The van der Waals surface area contributed by atoms with Gasteiger partial charge in [0, 0.05) is 6.54 Å². The lowest BCUT2D eigenvalue weighted by Crippen LogP contribution is -2.38. The Balaban J connectivity index is 1.38. The topological polar surface area (TPSA) is 76.8 Å². The molecule has 7 nitrogen and oxygen atoms in total. The first-order valence-corrected chi connectivity index (χ1v) is 9.13. The molecule has 1 aliphatic carbocycles. The van der Waals surface area contributed by atoms with E-state index in [2.05, 4.69) is 5.10 Å². The Morgan fingerprint density at radius 3 is 2.92 bits per heavy atom. The average molecular weight is 355 g/mol. The van der Waals surface area contributed by atoms with E-state index >= 15 is 0 Å². The van der Waals surface area contributed by atoms with Crippen molar-refractivity contribution in [2.75, 3.05) is 19.8 Å². The minimum Gasteiger partial charge on any atom is -0.486 e. The molecule has 5 rings (SSSR count). The third-order valence-electron chi connectivity index (χ3n) is 5.27. The van der Waals surface area contributed by atoms with Crippen LogP contribution < -0.4 is 9.47 Å². The van der Waals surface area contributed by atoms with Gasteiger partial charge in [-0.3, -0.25) is 9.48 Å². The summed E-state index contributed by atoms with van der Waals surface area (Å²) in [6.45, 7) is 2.64. The maximum absolute atomic E-state index is 13.1. The molecule has 3 heterocycles. The number of hydrogen-bond donors (Lipinski definition) is 1. The maximum Gasteiger partial charge on any atom is 0.258 e. The molecule has 0 saturated heterocycles. The second kappa shape index (κ2) is 6.02. The summed E-state index contributed by atoms with van der Waals surface area (Å²) in [5.74, 6) is 1.44. The zero-order valence-electron chi connectivity index (χ0n) is 14.4. The second-order valence-corrected chi connectivity index (χ2v) is 7.12. The molecular weight excluding hydrogens is 334 g/mol. The van der Waals surface area contributed by atoms with E-state index in [0.717, 1.165) is 24.2 Å². The van der Waals surface area contributed by atoms with Gasteiger partial charge in [-0.2, -0.15) is 5.10 Å². The number of aliphatic hydroxyl groups excluding tert-OH is 1. The van der Waals surface area contributed by atoms with Crippen LogP contribution in [0.5, 0.6) is 11.5 Å². The number of benzene rings is 1. The Kier molecular flexibility index (Phi) is 3.63. The predicted molar refractivity (Wildman–Crippen MR) is 92.1 cm³/mol. The number of amides is 1. The lowest BCUT2D eigenvalue weighted by molar-refractivity contribution is 0.0695. The molecule has 1 aromatic carbocycles. The fraction of sp³-hybridized carbons (Fsp3) is 0.474. The van der Waals surface area contributed by atoms with E-state index in [-0.39, 0.29) is 5.91 Å². The Hall–Kier alpha value is -2.54. The first-order chi connectivity index (χ1) is 12.7. The summed E-state index contributed by atoms with van der Waals surface area (Å²) in [5, 5.41) is 14.8. The van der Waals surface area contributed by atoms with E-state index in [4.69, 9.17) is 9.47 Å². The van der Waals surface area contributed by atoms with Gasteiger partial charge in [0.25, 0.3) is 5.91 Å². The third kappa shape index (κ3) is 2.63. The summed E-state index contributed by atoms with van der Waals surface area (Å²) in [6.07, 6.45) is 1.65. The van der Waals surface area contributed by atoms with Crippen molar-refractivity contribution in [2.24, 2.45) is 5.92 Å². The molecule has 0 unspecified atom stereocenters. The smallest absolute Gasteiger partial charge is 0.258 e. The van der Waals surface area contributed by atoms with Crippen LogP contribution in [0.15, 0.2) is 24.3 Å². The largest absolute Gasteiger partial charge is 0.486 e. The summed E-state index contributed by atoms with van der Waals surface area (Å²) in [5.41, 5.74) is 2.22. The van der Waals surface area contributed by atoms with Crippen LogP contribution in [0.2, 0.25) is 0 Å². The number of para-hydroxylation sites is 1. The summed E-state index contributed by atoms with van der Waals surface area (Å²) < 4.78 is 13.2. The van der Waals surface area contributed by atoms with Crippen LogP contribution in [0.3, 0.4) is 0 Å². The van der Waals surface area contributed by atoms with Crippen LogP contribution in [-0.4, -0.2) is 45.5 Å². The fourth-order valence-electron chi connectivity index (χ4n) is 3.67. The van der Waals surface area contributed by atoms with Gasteiger partial charge < -0.3 is 19.5 Å². The zero-order chi connectivity index (χ0) is 17.7. The quantitative estimate of drug-likeness (QED) is 0.908. The van der Waals surface area contributed by atoms with Crippen LogP contribution in [-0.2, 0) is 13.1 Å². The summed E-state index contributed by atoms with van der Waals surface area (Å²) in [4.78, 5) is 14.9. The molecule has 26 heavy (non-hydrogen) atoms. The highest BCUT2D eigenvalue weighted by molar-refractivity contribution is 5.98. The first-order valence-electron chi connectivity index (χ1n) is 9.13. The van der Waals surface area contributed by atoms with E-state index in [1.807, 2.05) is 22.9 Å². The van der Waals surface area contributed by atoms with Crippen LogP contribution in [0.25, 0.3) is 0 Å². The van der Waals surface area contributed by atoms with Gasteiger partial charge in [0.05, 0.1) is 30.0 Å². The molecule has 0 radical (unpaired) electrons. The third-order valence-corrected chi connectivity index (χ3v) is 5.27. The lowest BCUT2D eigenvalue weighted by atomic mass is 10.1. The molecule has 1 N–H and O–H groups in total. The van der Waals surface area contributed by atoms with Crippen molar-refractivity contribution in [3.05, 3.63) is 41.2 Å². The number of carbonyl (C=O) groups excluding carboxylic acids is 1. The number of aromatic nitrogens is 2. The van der Waals surface area contributed by atoms with Gasteiger partial charge in [0.1, 0.15) is 19.3 Å². The maximum atomic E-state index is 13.1. The van der Waals surface area contributed by atoms with Gasteiger partial charge in [-0.05, 0) is 37.0 Å². The van der Waals surface area contributed by atoms with Crippen molar-refractivity contribution < 1.29 is 19.4 Å². The zero-order valence-corrected chi connectivity index (χ0v) is 14.4. The number of fused-ring (bicyclic) bond motifs is 2. The normalized spacial score (nSPS) is 19.8. The van der Waals surface area contributed by atoms with E-state index in [0.29, 0.717) is 55.8 Å². The molecule has 2 aliphatic heterocycles. The van der Waals surface area contributed by atoms with Gasteiger partial charge in [-0.25, -0.2) is 0 Å². The monoisotopic (exact) mass is 355 g/mol. The van der Waals surface area contributed by atoms with E-state index in [9.17, 15) is 9.90 Å². The standard InChI is InChI=1S/C19H21N3O4/c23-17(12-4-5-12)15-10-13-11-21(6-7-22(13)20-15)19(24)14-2-1-3-16-18(14)26-9-8-25-16/h1-3,10,12,17,23H,4-9,11H2/t17-/m1/s1. The van der Waals surface area contributed by atoms with Gasteiger partial charge in [0.2, 0.25) is 0 Å². The van der Waals surface area contributed by atoms with Gasteiger partial charge in [0.15, 0.2) is 11.5 Å². The summed E-state index contributed by atoms with van der Waals surface area (Å²) >= 11 is 0. The summed E-state index contributed by atoms with van der Waals surface area (Å²) in [6, 6.07) is 7.35. The number of carbonyl (C=O) groups is 1. The van der Waals surface area contributed by atoms with Gasteiger partial charge >= 0.3 is 0 Å². The lowest BCUT2D eigenvalue weighted by Gasteiger charge is -2.29. The molecule has 1 atom stereocenters. The molecule has 3 aliphatic rings. The Morgan fingerprint density at radius 1 is 1.23 bits per heavy atom. The highest BCUT2D eigenvalue weighted by Crippen LogP contribution is 2.41. The molecule has 1 aromatic heterocycles. The molecule has 1 saturated carbocycles. The minimum atomic E-state index is -0.482. The Labute approximate surface area is 151 Å². The van der Waals surface area contributed by atoms with Crippen molar-refractivity contribution in [2.45, 2.75) is 32.0 Å². The molecule has 0 bridgehead atoms. The molecule has 7 heteroatoms. The van der Waals surface area contributed by atoms with Gasteiger partial charge in [-0.1, -0.05) is 6.07 Å². The van der Waals surface area contributed by atoms with Crippen LogP contribution >= 0.6 is 0 Å². The Bertz CT molecular complexity index is 858. The van der Waals surface area contributed by atoms with Crippen molar-refractivity contribution in [3.8, 4) is 11.5 Å². The molecule has 2 aromatic rings. The number of ether oxygens (including phenoxy) is 2. The van der Waals surface area contributed by atoms with E-state index in [1.165, 1.54) is 0 Å². The highest BCUT2D eigenvalue weighted by atomic mass is 16.6. The number of aliphatic hydroxyl groups is 1. The predicted octanol–water partition coefficient (Wildman–Crippen LogP) is 1.75. The molecular formula is C19H21N3O4. The minimum absolute atomic E-state index is 0.0657. The Morgan fingerprint density at radius 2 is 2.08 bits per heavy atom. The summed E-state index contributed by atoms with van der Waals surface area (Å²) in [7, 11) is 0. The van der Waals surface area contributed by atoms with Crippen LogP contribution in [0, 0.1) is 5.92 Å². The molecule has 0 spiro atoms. The van der Waals surface area contributed by atoms with Crippen LogP contribution in [0.4, 0.5) is 0 Å². The van der Waals surface area contributed by atoms with Gasteiger partial charge in [-0.15, -0.1) is 0 Å². The van der Waals surface area contributed by atoms with Crippen molar-refractivity contribution in [3.63, 3.8) is 0 Å². The van der Waals surface area contributed by atoms with Crippen molar-refractivity contribution in [1.29, 1.82) is 0 Å². The fourth-order valence-corrected chi connectivity index (χ4v) is 3.67. The van der Waals surface area contributed by atoms with Crippen LogP contribution in [0.1, 0.15) is 40.7 Å². The van der Waals surface area contributed by atoms with Crippen molar-refractivity contribution in [1.82, 2.24) is 14.7 Å². The molecule has 1 amide bonds. The van der Waals surface area contributed by atoms with E-state index < -0.39 is 6.10 Å². The number of hydrogen-bond acceptors (Lipinski definition) is 5. The van der Waals surface area contributed by atoms with E-state index in [1.54, 1.807) is 11.0 Å². The first kappa shape index (κ1) is 15.7. The molecule has 136 valence electrons. The number of rotatable bonds is 3. The second-order valence-electron chi connectivity index (χ2n) is 7.12. The number of nitrogens with zero attached hydrogens (tertiary/aromatic N) is 3. The molecule has 1 fully saturated rings. The average Bonchev–Trinajstić information content (AvgIpc) is 3.44. The highest BCUT2D eigenvalue weighted by Gasteiger charge is 2.34. The SMILES string of the molecule is O=C(c1cccc2c1OCCO2)N1CCn2nc([C@H](O)C3CC3)cc2C1. The van der Waals surface area contributed by atoms with Crippen molar-refractivity contribution >= 4 is 5.91 Å².